The second-order valence-corrected chi connectivity index (χ2v) is 6.82. The summed E-state index contributed by atoms with van der Waals surface area (Å²) in [6.07, 6.45) is 3.70. The van der Waals surface area contributed by atoms with Gasteiger partial charge in [-0.2, -0.15) is 11.8 Å². The average Bonchev–Trinajstić information content (AvgIpc) is 2.86. The molecule has 110 valence electrons. The van der Waals surface area contributed by atoms with Crippen LogP contribution in [0, 0.1) is 5.82 Å². The van der Waals surface area contributed by atoms with Crippen LogP contribution in [0.5, 0.6) is 0 Å². The summed E-state index contributed by atoms with van der Waals surface area (Å²) >= 11 is 1.86. The van der Waals surface area contributed by atoms with E-state index in [1.165, 1.54) is 18.7 Å². The minimum Gasteiger partial charge on any atom is -0.368 e. The molecular weight excluding hydrogens is 277 g/mol. The van der Waals surface area contributed by atoms with Crippen LogP contribution in [0.1, 0.15) is 37.0 Å². The van der Waals surface area contributed by atoms with Crippen molar-refractivity contribution in [3.8, 4) is 0 Å². The first-order valence-corrected chi connectivity index (χ1v) is 7.85. The molecule has 2 rings (SSSR count). The quantitative estimate of drug-likeness (QED) is 0.877. The molecule has 20 heavy (non-hydrogen) atoms. The Kier molecular flexibility index (Phi) is 4.86. The van der Waals surface area contributed by atoms with Gasteiger partial charge in [-0.05, 0) is 38.5 Å². The van der Waals surface area contributed by atoms with Gasteiger partial charge in [-0.1, -0.05) is 0 Å². The molecule has 2 N–H and O–H groups in total. The summed E-state index contributed by atoms with van der Waals surface area (Å²) in [5.41, 5.74) is 0.0440. The van der Waals surface area contributed by atoms with Crippen LogP contribution >= 0.6 is 11.8 Å². The van der Waals surface area contributed by atoms with Crippen molar-refractivity contribution in [3.05, 3.63) is 23.6 Å². The first kappa shape index (κ1) is 15.1. The van der Waals surface area contributed by atoms with E-state index in [-0.39, 0.29) is 22.0 Å². The SMILES string of the molecule is CCNc1nccc(C(=O)NCC2(C)CCCS2)c1F. The van der Waals surface area contributed by atoms with E-state index in [4.69, 9.17) is 0 Å². The number of thioether (sulfide) groups is 1. The molecule has 0 spiro atoms. The van der Waals surface area contributed by atoms with Gasteiger partial charge in [0.25, 0.3) is 5.91 Å². The Bertz CT molecular complexity index is 489. The molecule has 1 saturated heterocycles. The van der Waals surface area contributed by atoms with E-state index in [1.807, 2.05) is 18.7 Å². The van der Waals surface area contributed by atoms with Gasteiger partial charge in [-0.25, -0.2) is 9.37 Å². The van der Waals surface area contributed by atoms with Gasteiger partial charge < -0.3 is 10.6 Å². The van der Waals surface area contributed by atoms with Crippen molar-refractivity contribution in [3.63, 3.8) is 0 Å². The molecule has 4 nitrogen and oxygen atoms in total. The van der Waals surface area contributed by atoms with E-state index in [1.54, 1.807) is 0 Å². The third-order valence-corrected chi connectivity index (χ3v) is 4.94. The van der Waals surface area contributed by atoms with Gasteiger partial charge in [0.15, 0.2) is 11.6 Å². The molecule has 0 saturated carbocycles. The molecule has 1 aliphatic heterocycles. The molecule has 1 fully saturated rings. The molecule has 2 heterocycles. The lowest BCUT2D eigenvalue weighted by Gasteiger charge is -2.23. The minimum atomic E-state index is -0.587. The Morgan fingerprint density at radius 3 is 3.05 bits per heavy atom. The summed E-state index contributed by atoms with van der Waals surface area (Å²) in [6, 6.07) is 1.41. The number of carbonyl (C=O) groups is 1. The van der Waals surface area contributed by atoms with Crippen LogP contribution in [-0.2, 0) is 0 Å². The molecule has 6 heteroatoms. The lowest BCUT2D eigenvalue weighted by molar-refractivity contribution is 0.0946. The summed E-state index contributed by atoms with van der Waals surface area (Å²) in [5, 5.41) is 5.64. The molecule has 0 aromatic carbocycles. The number of hydrogen-bond donors (Lipinski definition) is 2. The fourth-order valence-corrected chi connectivity index (χ4v) is 3.49. The van der Waals surface area contributed by atoms with Gasteiger partial charge in [0.1, 0.15) is 0 Å². The van der Waals surface area contributed by atoms with Crippen LogP contribution in [0.15, 0.2) is 12.3 Å². The molecule has 1 aromatic heterocycles. The predicted molar refractivity (Wildman–Crippen MR) is 80.8 cm³/mol. The zero-order valence-electron chi connectivity index (χ0n) is 11.8. The van der Waals surface area contributed by atoms with Crippen molar-refractivity contribution >= 4 is 23.5 Å². The summed E-state index contributed by atoms with van der Waals surface area (Å²) in [7, 11) is 0. The molecule has 1 aliphatic rings. The maximum absolute atomic E-state index is 14.1. The number of rotatable bonds is 5. The highest BCUT2D eigenvalue weighted by Crippen LogP contribution is 2.37. The number of hydrogen-bond acceptors (Lipinski definition) is 4. The van der Waals surface area contributed by atoms with Gasteiger partial charge in [0, 0.05) is 24.0 Å². The fraction of sp³-hybridized carbons (Fsp3) is 0.571. The molecule has 1 amide bonds. The van der Waals surface area contributed by atoms with Gasteiger partial charge in [-0.15, -0.1) is 0 Å². The molecule has 1 aromatic rings. The molecular formula is C14H20FN3OS. The Balaban J connectivity index is 2.03. The van der Waals surface area contributed by atoms with Crippen LogP contribution in [0.3, 0.4) is 0 Å². The predicted octanol–water partition coefficient (Wildman–Crippen LogP) is 2.67. The van der Waals surface area contributed by atoms with E-state index in [0.717, 1.165) is 12.2 Å². The van der Waals surface area contributed by atoms with Crippen molar-refractivity contribution in [1.29, 1.82) is 0 Å². The number of carbonyl (C=O) groups excluding carboxylic acids is 1. The van der Waals surface area contributed by atoms with Crippen LogP contribution in [0.2, 0.25) is 0 Å². The summed E-state index contributed by atoms with van der Waals surface area (Å²) in [6.45, 7) is 5.11. The second-order valence-electron chi connectivity index (χ2n) is 5.14. The average molecular weight is 297 g/mol. The zero-order chi connectivity index (χ0) is 14.6. The van der Waals surface area contributed by atoms with E-state index >= 15 is 0 Å². The molecule has 0 bridgehead atoms. The fourth-order valence-electron chi connectivity index (χ4n) is 2.25. The van der Waals surface area contributed by atoms with Crippen molar-refractivity contribution in [2.75, 3.05) is 24.2 Å². The zero-order valence-corrected chi connectivity index (χ0v) is 12.6. The number of nitrogens with one attached hydrogen (secondary N) is 2. The van der Waals surface area contributed by atoms with Gasteiger partial charge in [0.2, 0.25) is 0 Å². The number of anilines is 1. The normalized spacial score (nSPS) is 21.8. The Morgan fingerprint density at radius 2 is 2.40 bits per heavy atom. The van der Waals surface area contributed by atoms with Crippen LogP contribution in [0.25, 0.3) is 0 Å². The summed E-state index contributed by atoms with van der Waals surface area (Å²) in [5.74, 6) is 0.288. The number of amides is 1. The van der Waals surface area contributed by atoms with Crippen molar-refractivity contribution in [2.45, 2.75) is 31.4 Å². The highest BCUT2D eigenvalue weighted by Gasteiger charge is 2.30. The molecule has 0 aliphatic carbocycles. The lowest BCUT2D eigenvalue weighted by Crippen LogP contribution is -2.37. The van der Waals surface area contributed by atoms with Crippen LogP contribution in [0.4, 0.5) is 10.2 Å². The maximum Gasteiger partial charge on any atom is 0.254 e. The van der Waals surface area contributed by atoms with Crippen molar-refractivity contribution < 1.29 is 9.18 Å². The summed E-state index contributed by atoms with van der Waals surface area (Å²) in [4.78, 5) is 16.0. The molecule has 1 atom stereocenters. The number of nitrogens with zero attached hydrogens (tertiary/aromatic N) is 1. The number of pyridine rings is 1. The van der Waals surface area contributed by atoms with Crippen LogP contribution in [-0.4, -0.2) is 34.5 Å². The van der Waals surface area contributed by atoms with E-state index in [0.29, 0.717) is 13.1 Å². The molecule has 1 unspecified atom stereocenters. The Hall–Kier alpha value is -1.30. The maximum atomic E-state index is 14.1. The van der Waals surface area contributed by atoms with E-state index in [2.05, 4.69) is 22.5 Å². The second kappa shape index (κ2) is 6.43. The number of aromatic nitrogens is 1. The lowest BCUT2D eigenvalue weighted by atomic mass is 10.1. The topological polar surface area (TPSA) is 54.0 Å². The minimum absolute atomic E-state index is 0.0440. The van der Waals surface area contributed by atoms with Crippen molar-refractivity contribution in [2.24, 2.45) is 0 Å². The van der Waals surface area contributed by atoms with Crippen molar-refractivity contribution in [1.82, 2.24) is 10.3 Å². The third-order valence-electron chi connectivity index (χ3n) is 3.40. The monoisotopic (exact) mass is 297 g/mol. The van der Waals surface area contributed by atoms with Gasteiger partial charge in [-0.3, -0.25) is 4.79 Å². The first-order chi connectivity index (χ1) is 9.56. The Morgan fingerprint density at radius 1 is 1.60 bits per heavy atom. The Labute approximate surface area is 122 Å². The van der Waals surface area contributed by atoms with E-state index in [9.17, 15) is 9.18 Å². The third kappa shape index (κ3) is 3.42. The largest absolute Gasteiger partial charge is 0.368 e. The van der Waals surface area contributed by atoms with Gasteiger partial charge in [0.05, 0.1) is 5.56 Å². The highest BCUT2D eigenvalue weighted by molar-refractivity contribution is 8.00. The first-order valence-electron chi connectivity index (χ1n) is 6.86. The molecule has 0 radical (unpaired) electrons. The van der Waals surface area contributed by atoms with E-state index < -0.39 is 5.82 Å². The van der Waals surface area contributed by atoms with Crippen LogP contribution < -0.4 is 10.6 Å². The standard InChI is InChI=1S/C14H20FN3OS/c1-3-16-12-11(15)10(5-7-17-12)13(19)18-9-14(2)6-4-8-20-14/h5,7H,3-4,6,8-9H2,1-2H3,(H,16,17)(H,18,19). The van der Waals surface area contributed by atoms with Gasteiger partial charge >= 0.3 is 0 Å². The number of halogens is 1. The smallest absolute Gasteiger partial charge is 0.254 e. The highest BCUT2D eigenvalue weighted by atomic mass is 32.2. The summed E-state index contributed by atoms with van der Waals surface area (Å²) < 4.78 is 14.2.